The molecule has 0 saturated heterocycles. The lowest BCUT2D eigenvalue weighted by Crippen LogP contribution is -1.85. The van der Waals surface area contributed by atoms with Gasteiger partial charge in [-0.3, -0.25) is 0 Å². The second-order valence-electron chi connectivity index (χ2n) is 2.97. The molecule has 3 heteroatoms. The van der Waals surface area contributed by atoms with Gasteiger partial charge in [0.25, 0.3) is 0 Å². The molecule has 2 rings (SSSR count). The van der Waals surface area contributed by atoms with Gasteiger partial charge in [-0.05, 0) is 56.1 Å². The molecule has 0 fully saturated rings. The zero-order valence-electron chi connectivity index (χ0n) is 7.78. The van der Waals surface area contributed by atoms with Crippen LogP contribution in [0.2, 0.25) is 0 Å². The standard InChI is InChI=1S/C12H8Br2O/c13-10-7-4-8-11(12(10)14)15-9-5-2-1-3-6-9/h1-8H. The number of benzene rings is 2. The molecule has 1 nitrogen and oxygen atoms in total. The monoisotopic (exact) mass is 326 g/mol. The molecule has 0 unspecified atom stereocenters. The summed E-state index contributed by atoms with van der Waals surface area (Å²) in [5.41, 5.74) is 0. The average Bonchev–Trinajstić information content (AvgIpc) is 2.26. The van der Waals surface area contributed by atoms with E-state index in [9.17, 15) is 0 Å². The van der Waals surface area contributed by atoms with Gasteiger partial charge in [0, 0.05) is 4.47 Å². The van der Waals surface area contributed by atoms with E-state index in [4.69, 9.17) is 4.74 Å². The average molecular weight is 328 g/mol. The van der Waals surface area contributed by atoms with Crippen LogP contribution in [0.4, 0.5) is 0 Å². The smallest absolute Gasteiger partial charge is 0.142 e. The highest BCUT2D eigenvalue weighted by atomic mass is 79.9. The zero-order valence-corrected chi connectivity index (χ0v) is 11.0. The molecule has 0 radical (unpaired) electrons. The Morgan fingerprint density at radius 3 is 2.27 bits per heavy atom. The maximum Gasteiger partial charge on any atom is 0.142 e. The van der Waals surface area contributed by atoms with Gasteiger partial charge in [0.15, 0.2) is 0 Å². The van der Waals surface area contributed by atoms with Crippen LogP contribution in [0, 0.1) is 0 Å². The minimum atomic E-state index is 0.801. The van der Waals surface area contributed by atoms with E-state index in [1.807, 2.05) is 48.5 Å². The first-order valence-electron chi connectivity index (χ1n) is 4.44. The molecule has 0 aromatic heterocycles. The van der Waals surface area contributed by atoms with E-state index in [0.29, 0.717) is 0 Å². The Labute approximate surface area is 105 Å². The van der Waals surface area contributed by atoms with Crippen molar-refractivity contribution in [3.05, 3.63) is 57.5 Å². The van der Waals surface area contributed by atoms with E-state index in [1.165, 1.54) is 0 Å². The lowest BCUT2D eigenvalue weighted by atomic mass is 10.3. The Morgan fingerprint density at radius 1 is 0.800 bits per heavy atom. The molecule has 0 heterocycles. The van der Waals surface area contributed by atoms with Crippen LogP contribution in [0.5, 0.6) is 11.5 Å². The summed E-state index contributed by atoms with van der Waals surface area (Å²) in [6.45, 7) is 0. The van der Waals surface area contributed by atoms with Crippen LogP contribution in [0.1, 0.15) is 0 Å². The molecule has 0 N–H and O–H groups in total. The first-order valence-corrected chi connectivity index (χ1v) is 6.03. The second kappa shape index (κ2) is 4.81. The quantitative estimate of drug-likeness (QED) is 0.753. The van der Waals surface area contributed by atoms with Gasteiger partial charge >= 0.3 is 0 Å². The predicted octanol–water partition coefficient (Wildman–Crippen LogP) is 5.00. The van der Waals surface area contributed by atoms with Crippen LogP contribution in [0.15, 0.2) is 57.5 Å². The van der Waals surface area contributed by atoms with Crippen molar-refractivity contribution in [2.75, 3.05) is 0 Å². The van der Waals surface area contributed by atoms with Crippen LogP contribution in [0.3, 0.4) is 0 Å². The van der Waals surface area contributed by atoms with Crippen molar-refractivity contribution in [2.45, 2.75) is 0 Å². The lowest BCUT2D eigenvalue weighted by Gasteiger charge is -2.08. The molecular weight excluding hydrogens is 320 g/mol. The first kappa shape index (κ1) is 10.7. The minimum absolute atomic E-state index is 0.801. The highest BCUT2D eigenvalue weighted by molar-refractivity contribution is 9.13. The summed E-state index contributed by atoms with van der Waals surface area (Å²) in [6.07, 6.45) is 0. The molecule has 0 bridgehead atoms. The van der Waals surface area contributed by atoms with Gasteiger partial charge in [-0.1, -0.05) is 24.3 Å². The van der Waals surface area contributed by atoms with Gasteiger partial charge in [0.05, 0.1) is 4.47 Å². The van der Waals surface area contributed by atoms with Crippen molar-refractivity contribution < 1.29 is 4.74 Å². The summed E-state index contributed by atoms with van der Waals surface area (Å²) in [4.78, 5) is 0. The van der Waals surface area contributed by atoms with E-state index < -0.39 is 0 Å². The highest BCUT2D eigenvalue weighted by Crippen LogP contribution is 2.34. The predicted molar refractivity (Wildman–Crippen MR) is 68.4 cm³/mol. The van der Waals surface area contributed by atoms with E-state index in [0.717, 1.165) is 20.4 Å². The van der Waals surface area contributed by atoms with Crippen molar-refractivity contribution in [1.82, 2.24) is 0 Å². The van der Waals surface area contributed by atoms with E-state index in [-0.39, 0.29) is 0 Å². The van der Waals surface area contributed by atoms with Crippen LogP contribution >= 0.6 is 31.9 Å². The molecule has 0 amide bonds. The fourth-order valence-corrected chi connectivity index (χ4v) is 1.87. The van der Waals surface area contributed by atoms with Crippen molar-refractivity contribution in [2.24, 2.45) is 0 Å². The van der Waals surface area contributed by atoms with Crippen LogP contribution in [0.25, 0.3) is 0 Å². The second-order valence-corrected chi connectivity index (χ2v) is 4.61. The van der Waals surface area contributed by atoms with Crippen LogP contribution in [-0.2, 0) is 0 Å². The molecule has 0 aliphatic carbocycles. The number of hydrogen-bond acceptors (Lipinski definition) is 1. The third-order valence-corrected chi connectivity index (χ3v) is 3.90. The maximum atomic E-state index is 5.71. The van der Waals surface area contributed by atoms with E-state index in [2.05, 4.69) is 31.9 Å². The Kier molecular flexibility index (Phi) is 3.44. The minimum Gasteiger partial charge on any atom is -0.456 e. The third-order valence-electron chi connectivity index (χ3n) is 1.89. The summed E-state index contributed by atoms with van der Waals surface area (Å²) < 4.78 is 7.62. The summed E-state index contributed by atoms with van der Waals surface area (Å²) in [6, 6.07) is 15.5. The fraction of sp³-hybridized carbons (Fsp3) is 0. The van der Waals surface area contributed by atoms with E-state index in [1.54, 1.807) is 0 Å². The van der Waals surface area contributed by atoms with Crippen molar-refractivity contribution in [3.63, 3.8) is 0 Å². The number of para-hydroxylation sites is 1. The molecule has 0 spiro atoms. The normalized spacial score (nSPS) is 10.0. The first-order chi connectivity index (χ1) is 7.27. The number of halogens is 2. The SMILES string of the molecule is Brc1cccc(Oc2ccccc2)c1Br. The maximum absolute atomic E-state index is 5.71. The molecule has 0 aliphatic heterocycles. The van der Waals surface area contributed by atoms with Crippen LogP contribution < -0.4 is 4.74 Å². The molecule has 15 heavy (non-hydrogen) atoms. The van der Waals surface area contributed by atoms with Gasteiger partial charge in [-0.25, -0.2) is 0 Å². The third kappa shape index (κ3) is 2.61. The Hall–Kier alpha value is -0.800. The summed E-state index contributed by atoms with van der Waals surface area (Å²) in [5, 5.41) is 0. The highest BCUT2D eigenvalue weighted by Gasteiger charge is 2.04. The number of rotatable bonds is 2. The number of hydrogen-bond donors (Lipinski definition) is 0. The zero-order chi connectivity index (χ0) is 10.7. The summed E-state index contributed by atoms with van der Waals surface area (Å²) in [7, 11) is 0. The van der Waals surface area contributed by atoms with Crippen molar-refractivity contribution in [3.8, 4) is 11.5 Å². The fourth-order valence-electron chi connectivity index (χ4n) is 1.18. The van der Waals surface area contributed by atoms with Crippen LogP contribution in [-0.4, -0.2) is 0 Å². The molecule has 0 saturated carbocycles. The van der Waals surface area contributed by atoms with E-state index >= 15 is 0 Å². The van der Waals surface area contributed by atoms with Gasteiger partial charge < -0.3 is 4.74 Å². The van der Waals surface area contributed by atoms with Gasteiger partial charge in [-0.15, -0.1) is 0 Å². The van der Waals surface area contributed by atoms with Crippen molar-refractivity contribution in [1.29, 1.82) is 0 Å². The van der Waals surface area contributed by atoms with Gasteiger partial charge in [-0.2, -0.15) is 0 Å². The largest absolute Gasteiger partial charge is 0.456 e. The summed E-state index contributed by atoms with van der Waals surface area (Å²) in [5.74, 6) is 1.63. The lowest BCUT2D eigenvalue weighted by molar-refractivity contribution is 0.479. The molecule has 2 aromatic carbocycles. The van der Waals surface area contributed by atoms with Crippen molar-refractivity contribution >= 4 is 31.9 Å². The van der Waals surface area contributed by atoms with Gasteiger partial charge in [0.1, 0.15) is 11.5 Å². The summed E-state index contributed by atoms with van der Waals surface area (Å²) >= 11 is 6.90. The molecule has 0 aliphatic rings. The molecule has 2 aromatic rings. The van der Waals surface area contributed by atoms with Gasteiger partial charge in [0.2, 0.25) is 0 Å². The Bertz CT molecular complexity index is 454. The number of ether oxygens (including phenoxy) is 1. The molecular formula is C12H8Br2O. The molecule has 76 valence electrons. The Morgan fingerprint density at radius 2 is 1.53 bits per heavy atom. The molecule has 0 atom stereocenters. The Balaban J connectivity index is 2.29. The topological polar surface area (TPSA) is 9.23 Å².